The van der Waals surface area contributed by atoms with Gasteiger partial charge in [-0.3, -0.25) is 9.48 Å². The summed E-state index contributed by atoms with van der Waals surface area (Å²) in [5.41, 5.74) is 5.55. The third-order valence-electron chi connectivity index (χ3n) is 4.67. The summed E-state index contributed by atoms with van der Waals surface area (Å²) in [5, 5.41) is 7.48. The van der Waals surface area contributed by atoms with E-state index in [4.69, 9.17) is 0 Å². The second kappa shape index (κ2) is 8.16. The summed E-state index contributed by atoms with van der Waals surface area (Å²) in [5.74, 6) is -0.378. The van der Waals surface area contributed by atoms with Crippen molar-refractivity contribution in [3.8, 4) is 0 Å². The number of hydrogen-bond donors (Lipinski definition) is 1. The van der Waals surface area contributed by atoms with Crippen LogP contribution in [0.4, 0.5) is 4.39 Å². The van der Waals surface area contributed by atoms with Crippen molar-refractivity contribution >= 4 is 5.91 Å². The molecule has 3 aromatic rings. The zero-order valence-corrected chi connectivity index (χ0v) is 15.9. The highest BCUT2D eigenvalue weighted by molar-refractivity contribution is 5.96. The number of hydrogen-bond acceptors (Lipinski definition) is 2. The predicted octanol–water partition coefficient (Wildman–Crippen LogP) is 3.97. The van der Waals surface area contributed by atoms with Gasteiger partial charge in [-0.25, -0.2) is 4.39 Å². The molecule has 27 heavy (non-hydrogen) atoms. The van der Waals surface area contributed by atoms with Gasteiger partial charge in [-0.05, 0) is 50.5 Å². The van der Waals surface area contributed by atoms with E-state index in [0.29, 0.717) is 25.1 Å². The third kappa shape index (κ3) is 4.61. The number of carbonyl (C=O) groups is 1. The summed E-state index contributed by atoms with van der Waals surface area (Å²) in [6, 6.07) is 14.6. The van der Waals surface area contributed by atoms with Crippen LogP contribution in [-0.2, 0) is 13.0 Å². The lowest BCUT2D eigenvalue weighted by atomic mass is 10.1. The Labute approximate surface area is 159 Å². The van der Waals surface area contributed by atoms with E-state index in [1.807, 2.05) is 18.5 Å². The topological polar surface area (TPSA) is 46.9 Å². The number of nitrogens with one attached hydrogen (secondary N) is 1. The Kier molecular flexibility index (Phi) is 5.69. The summed E-state index contributed by atoms with van der Waals surface area (Å²) in [7, 11) is 0. The zero-order chi connectivity index (χ0) is 19.4. The van der Waals surface area contributed by atoms with Crippen LogP contribution in [0.15, 0.2) is 48.5 Å². The van der Waals surface area contributed by atoms with Crippen LogP contribution in [0.3, 0.4) is 0 Å². The molecule has 0 aliphatic carbocycles. The fourth-order valence-corrected chi connectivity index (χ4v) is 3.11. The Bertz CT molecular complexity index is 927. The van der Waals surface area contributed by atoms with Crippen LogP contribution in [0, 0.1) is 26.6 Å². The number of rotatable bonds is 6. The van der Waals surface area contributed by atoms with Crippen molar-refractivity contribution in [3.63, 3.8) is 0 Å². The Hall–Kier alpha value is -2.95. The van der Waals surface area contributed by atoms with E-state index in [2.05, 4.69) is 41.6 Å². The van der Waals surface area contributed by atoms with Crippen LogP contribution >= 0.6 is 0 Å². The van der Waals surface area contributed by atoms with Crippen molar-refractivity contribution in [3.05, 3.63) is 88.0 Å². The van der Waals surface area contributed by atoms with E-state index in [-0.39, 0.29) is 11.7 Å². The Morgan fingerprint density at radius 2 is 1.63 bits per heavy atom. The van der Waals surface area contributed by atoms with Crippen LogP contribution < -0.4 is 5.32 Å². The number of halogens is 1. The highest BCUT2D eigenvalue weighted by Crippen LogP contribution is 2.15. The van der Waals surface area contributed by atoms with Gasteiger partial charge in [0.05, 0.1) is 17.8 Å². The molecule has 0 unspecified atom stereocenters. The molecule has 0 saturated heterocycles. The van der Waals surface area contributed by atoms with Crippen LogP contribution in [-0.4, -0.2) is 22.2 Å². The van der Waals surface area contributed by atoms with E-state index in [9.17, 15) is 9.18 Å². The molecule has 1 amide bonds. The highest BCUT2D eigenvalue weighted by Gasteiger charge is 2.18. The second-order valence-electron chi connectivity index (χ2n) is 6.82. The standard InChI is InChI=1S/C22H24FN3O/c1-15-4-6-19(7-5-15)14-26-17(3)21(16(2)25-26)22(27)24-13-12-18-8-10-20(23)11-9-18/h4-11H,12-14H2,1-3H3,(H,24,27). The molecule has 0 aliphatic rings. The molecule has 0 radical (unpaired) electrons. The summed E-state index contributed by atoms with van der Waals surface area (Å²) in [4.78, 5) is 12.6. The molecule has 5 heteroatoms. The van der Waals surface area contributed by atoms with Crippen molar-refractivity contribution in [2.24, 2.45) is 0 Å². The van der Waals surface area contributed by atoms with Gasteiger partial charge in [0, 0.05) is 12.2 Å². The molecular weight excluding hydrogens is 341 g/mol. The fourth-order valence-electron chi connectivity index (χ4n) is 3.11. The quantitative estimate of drug-likeness (QED) is 0.718. The van der Waals surface area contributed by atoms with Gasteiger partial charge in [0.2, 0.25) is 0 Å². The summed E-state index contributed by atoms with van der Waals surface area (Å²) >= 11 is 0. The monoisotopic (exact) mass is 365 g/mol. The lowest BCUT2D eigenvalue weighted by molar-refractivity contribution is 0.0953. The van der Waals surface area contributed by atoms with Gasteiger partial charge in [-0.15, -0.1) is 0 Å². The average molecular weight is 365 g/mol. The molecule has 0 bridgehead atoms. The number of amides is 1. The van der Waals surface area contributed by atoms with E-state index >= 15 is 0 Å². The molecule has 0 atom stereocenters. The number of aryl methyl sites for hydroxylation is 2. The van der Waals surface area contributed by atoms with Crippen molar-refractivity contribution in [1.82, 2.24) is 15.1 Å². The lowest BCUT2D eigenvalue weighted by Crippen LogP contribution is -2.26. The van der Waals surface area contributed by atoms with Gasteiger partial charge in [-0.1, -0.05) is 42.0 Å². The molecule has 0 aliphatic heterocycles. The lowest BCUT2D eigenvalue weighted by Gasteiger charge is -2.08. The number of benzene rings is 2. The first-order chi connectivity index (χ1) is 12.9. The molecule has 0 fully saturated rings. The Morgan fingerprint density at radius 3 is 2.30 bits per heavy atom. The van der Waals surface area contributed by atoms with Crippen LogP contribution in [0.25, 0.3) is 0 Å². The molecule has 3 rings (SSSR count). The SMILES string of the molecule is Cc1ccc(Cn2nc(C)c(C(=O)NCCc3ccc(F)cc3)c2C)cc1. The maximum atomic E-state index is 12.9. The first kappa shape index (κ1) is 18.8. The third-order valence-corrected chi connectivity index (χ3v) is 4.67. The Balaban J connectivity index is 1.65. The largest absolute Gasteiger partial charge is 0.352 e. The maximum absolute atomic E-state index is 12.9. The maximum Gasteiger partial charge on any atom is 0.255 e. The summed E-state index contributed by atoms with van der Waals surface area (Å²) in [6.45, 7) is 6.96. The number of carbonyl (C=O) groups excluding carboxylic acids is 1. The fraction of sp³-hybridized carbons (Fsp3) is 0.273. The van der Waals surface area contributed by atoms with Crippen LogP contribution in [0.2, 0.25) is 0 Å². The molecule has 140 valence electrons. The Morgan fingerprint density at radius 1 is 1.00 bits per heavy atom. The normalized spacial score (nSPS) is 10.8. The molecule has 2 aromatic carbocycles. The molecule has 0 spiro atoms. The van der Waals surface area contributed by atoms with Gasteiger partial charge in [0.15, 0.2) is 0 Å². The molecule has 1 aromatic heterocycles. The van der Waals surface area contributed by atoms with Crippen molar-refractivity contribution in [1.29, 1.82) is 0 Å². The van der Waals surface area contributed by atoms with Crippen LogP contribution in [0.1, 0.15) is 38.4 Å². The van der Waals surface area contributed by atoms with Gasteiger partial charge >= 0.3 is 0 Å². The highest BCUT2D eigenvalue weighted by atomic mass is 19.1. The first-order valence-corrected chi connectivity index (χ1v) is 9.06. The summed E-state index contributed by atoms with van der Waals surface area (Å²) in [6.07, 6.45) is 0.654. The molecule has 1 heterocycles. The van der Waals surface area contributed by atoms with Crippen molar-refractivity contribution in [2.75, 3.05) is 6.54 Å². The van der Waals surface area contributed by atoms with Crippen molar-refractivity contribution < 1.29 is 9.18 Å². The number of nitrogens with zero attached hydrogens (tertiary/aromatic N) is 2. The van der Waals surface area contributed by atoms with Gasteiger partial charge in [0.1, 0.15) is 5.82 Å². The van der Waals surface area contributed by atoms with E-state index < -0.39 is 0 Å². The van der Waals surface area contributed by atoms with Crippen LogP contribution in [0.5, 0.6) is 0 Å². The average Bonchev–Trinajstić information content (AvgIpc) is 2.92. The predicted molar refractivity (Wildman–Crippen MR) is 104 cm³/mol. The molecular formula is C22H24FN3O. The summed E-state index contributed by atoms with van der Waals surface area (Å²) < 4.78 is 14.8. The minimum atomic E-state index is -0.255. The second-order valence-corrected chi connectivity index (χ2v) is 6.82. The molecule has 1 N–H and O–H groups in total. The van der Waals surface area contributed by atoms with Crippen molar-refractivity contribution in [2.45, 2.75) is 33.7 Å². The minimum absolute atomic E-state index is 0.123. The molecule has 0 saturated carbocycles. The number of aromatic nitrogens is 2. The van der Waals surface area contributed by atoms with E-state index in [0.717, 1.165) is 22.5 Å². The minimum Gasteiger partial charge on any atom is -0.352 e. The first-order valence-electron chi connectivity index (χ1n) is 9.06. The van der Waals surface area contributed by atoms with Gasteiger partial charge in [0.25, 0.3) is 5.91 Å². The van der Waals surface area contributed by atoms with Gasteiger partial charge in [-0.2, -0.15) is 5.10 Å². The smallest absolute Gasteiger partial charge is 0.255 e. The van der Waals surface area contributed by atoms with Gasteiger partial charge < -0.3 is 5.32 Å². The zero-order valence-electron chi connectivity index (χ0n) is 15.9. The molecule has 4 nitrogen and oxygen atoms in total. The van der Waals surface area contributed by atoms with E-state index in [1.54, 1.807) is 12.1 Å². The van der Waals surface area contributed by atoms with E-state index in [1.165, 1.54) is 17.7 Å².